The molecule has 8 heteroatoms. The van der Waals surface area contributed by atoms with Crippen LogP contribution >= 0.6 is 0 Å². The summed E-state index contributed by atoms with van der Waals surface area (Å²) in [6.45, 7) is 4.56. The van der Waals surface area contributed by atoms with Crippen molar-refractivity contribution in [3.8, 4) is 11.3 Å². The van der Waals surface area contributed by atoms with E-state index in [1.807, 2.05) is 42.5 Å². The maximum absolute atomic E-state index is 12.4. The lowest BCUT2D eigenvalue weighted by Gasteiger charge is -2.20. The molecule has 1 aromatic heterocycles. The topological polar surface area (TPSA) is 142 Å². The van der Waals surface area contributed by atoms with E-state index in [-0.39, 0.29) is 25.0 Å². The fraction of sp³-hybridized carbons (Fsp3) is 0.300. The molecule has 0 spiro atoms. The van der Waals surface area contributed by atoms with Gasteiger partial charge in [-0.05, 0) is 30.5 Å². The maximum Gasteiger partial charge on any atom is 0.242 e. The second kappa shape index (κ2) is 10.8. The minimum absolute atomic E-state index is 0.0264. The summed E-state index contributed by atoms with van der Waals surface area (Å²) >= 11 is 0. The molecule has 1 atom stereocenters. The predicted molar refractivity (Wildman–Crippen MR) is 112 cm³/mol. The van der Waals surface area contributed by atoms with E-state index in [1.54, 1.807) is 0 Å². The van der Waals surface area contributed by atoms with E-state index >= 15 is 0 Å². The number of amides is 1. The van der Waals surface area contributed by atoms with Gasteiger partial charge in [-0.2, -0.15) is 0 Å². The monoisotopic (exact) mass is 384 g/mol. The lowest BCUT2D eigenvalue weighted by molar-refractivity contribution is -0.123. The van der Waals surface area contributed by atoms with E-state index in [0.717, 1.165) is 17.0 Å². The number of carbonyl (C=O) groups is 1. The number of aromatic nitrogens is 1. The number of nitrogens with zero attached hydrogens (tertiary/aromatic N) is 1. The average molecular weight is 384 g/mol. The molecule has 2 rings (SSSR count). The number of nitrogens with two attached hydrogens (primary N) is 2. The highest BCUT2D eigenvalue weighted by Crippen LogP contribution is 2.20. The molecule has 0 aliphatic carbocycles. The van der Waals surface area contributed by atoms with Crippen molar-refractivity contribution in [2.75, 3.05) is 19.7 Å². The third-order valence-electron chi connectivity index (χ3n) is 4.12. The first-order valence-corrected chi connectivity index (χ1v) is 9.15. The van der Waals surface area contributed by atoms with Gasteiger partial charge in [0, 0.05) is 18.8 Å². The van der Waals surface area contributed by atoms with Crippen molar-refractivity contribution < 1.29 is 9.90 Å². The minimum atomic E-state index is -0.517. The van der Waals surface area contributed by atoms with Crippen LogP contribution < -0.4 is 22.1 Å². The Morgan fingerprint density at radius 1 is 1.21 bits per heavy atom. The Morgan fingerprint density at radius 2 is 1.96 bits per heavy atom. The van der Waals surface area contributed by atoms with Crippen LogP contribution in [0.15, 0.2) is 54.0 Å². The first-order valence-electron chi connectivity index (χ1n) is 9.15. The third-order valence-corrected chi connectivity index (χ3v) is 4.12. The number of aliphatic hydroxyl groups is 1. The molecule has 8 N–H and O–H groups in total. The Labute approximate surface area is 164 Å². The van der Waals surface area contributed by atoms with Gasteiger partial charge in [0.15, 0.2) is 5.96 Å². The average Bonchev–Trinajstić information content (AvgIpc) is 3.19. The SMILES string of the molecule is C=C(N[C@@H](CCCN=C(N)N)C(=O)NCCO)c1ccc(-c2ccccc2)[nH]1. The van der Waals surface area contributed by atoms with Crippen LogP contribution in [-0.2, 0) is 4.79 Å². The second-order valence-electron chi connectivity index (χ2n) is 6.29. The van der Waals surface area contributed by atoms with Crippen LogP contribution in [0.3, 0.4) is 0 Å². The predicted octanol–water partition coefficient (Wildman–Crippen LogP) is 0.773. The van der Waals surface area contributed by atoms with E-state index < -0.39 is 6.04 Å². The summed E-state index contributed by atoms with van der Waals surface area (Å²) in [7, 11) is 0. The molecule has 2 aromatic rings. The minimum Gasteiger partial charge on any atom is -0.395 e. The number of guanidine groups is 1. The van der Waals surface area contributed by atoms with Crippen LogP contribution in [0.25, 0.3) is 17.0 Å². The number of hydrogen-bond donors (Lipinski definition) is 6. The van der Waals surface area contributed by atoms with Crippen molar-refractivity contribution in [2.45, 2.75) is 18.9 Å². The Balaban J connectivity index is 2.03. The Hall–Kier alpha value is -3.26. The molecular weight excluding hydrogens is 356 g/mol. The number of aromatic amines is 1. The van der Waals surface area contributed by atoms with Gasteiger partial charge in [0.05, 0.1) is 18.0 Å². The van der Waals surface area contributed by atoms with Crippen molar-refractivity contribution in [2.24, 2.45) is 16.5 Å². The normalized spacial score (nSPS) is 11.5. The second-order valence-corrected chi connectivity index (χ2v) is 6.29. The number of hydrogen-bond acceptors (Lipinski definition) is 4. The molecular formula is C20H28N6O2. The van der Waals surface area contributed by atoms with E-state index in [9.17, 15) is 4.79 Å². The molecule has 1 heterocycles. The van der Waals surface area contributed by atoms with Gasteiger partial charge in [0.25, 0.3) is 0 Å². The number of benzene rings is 1. The summed E-state index contributed by atoms with van der Waals surface area (Å²) in [5, 5.41) is 14.8. The smallest absolute Gasteiger partial charge is 0.242 e. The lowest BCUT2D eigenvalue weighted by atomic mass is 10.1. The highest BCUT2D eigenvalue weighted by molar-refractivity contribution is 5.83. The zero-order valence-electron chi connectivity index (χ0n) is 15.8. The molecule has 0 aliphatic rings. The van der Waals surface area contributed by atoms with Crippen molar-refractivity contribution in [1.82, 2.24) is 15.6 Å². The molecule has 0 radical (unpaired) electrons. The van der Waals surface area contributed by atoms with Crippen LogP contribution in [0.1, 0.15) is 18.5 Å². The number of rotatable bonds is 11. The largest absolute Gasteiger partial charge is 0.395 e. The molecule has 1 amide bonds. The van der Waals surface area contributed by atoms with Gasteiger partial charge < -0.3 is 32.2 Å². The number of carbonyl (C=O) groups excluding carboxylic acids is 1. The lowest BCUT2D eigenvalue weighted by Crippen LogP contribution is -2.44. The van der Waals surface area contributed by atoms with Gasteiger partial charge in [-0.1, -0.05) is 36.9 Å². The van der Waals surface area contributed by atoms with Gasteiger partial charge in [-0.15, -0.1) is 0 Å². The molecule has 0 unspecified atom stereocenters. The van der Waals surface area contributed by atoms with Gasteiger partial charge in [0.1, 0.15) is 6.04 Å². The third kappa shape index (κ3) is 6.48. The fourth-order valence-electron chi connectivity index (χ4n) is 2.72. The summed E-state index contributed by atoms with van der Waals surface area (Å²) in [6, 6.07) is 13.3. The molecule has 8 nitrogen and oxygen atoms in total. The first kappa shape index (κ1) is 21.0. The first-order chi connectivity index (χ1) is 13.5. The van der Waals surface area contributed by atoms with Crippen LogP contribution in [0.2, 0.25) is 0 Å². The molecule has 0 saturated heterocycles. The zero-order valence-corrected chi connectivity index (χ0v) is 15.8. The summed E-state index contributed by atoms with van der Waals surface area (Å²) in [6.07, 6.45) is 1.13. The highest BCUT2D eigenvalue weighted by atomic mass is 16.3. The van der Waals surface area contributed by atoms with Crippen molar-refractivity contribution in [3.63, 3.8) is 0 Å². The Kier molecular flexibility index (Phi) is 8.11. The zero-order chi connectivity index (χ0) is 20.4. The number of aliphatic hydroxyl groups excluding tert-OH is 1. The van der Waals surface area contributed by atoms with Gasteiger partial charge >= 0.3 is 0 Å². The fourth-order valence-corrected chi connectivity index (χ4v) is 2.72. The van der Waals surface area contributed by atoms with Crippen LogP contribution in [0, 0.1) is 0 Å². The van der Waals surface area contributed by atoms with Crippen molar-refractivity contribution in [1.29, 1.82) is 0 Å². The van der Waals surface area contributed by atoms with Crippen LogP contribution in [-0.4, -0.2) is 47.7 Å². The molecule has 0 aliphatic heterocycles. The Morgan fingerprint density at radius 3 is 2.64 bits per heavy atom. The summed E-state index contributed by atoms with van der Waals surface area (Å²) in [5.74, 6) is -0.187. The summed E-state index contributed by atoms with van der Waals surface area (Å²) in [5.41, 5.74) is 14.1. The van der Waals surface area contributed by atoms with E-state index in [2.05, 4.69) is 27.2 Å². The number of nitrogens with one attached hydrogen (secondary N) is 3. The molecule has 28 heavy (non-hydrogen) atoms. The van der Waals surface area contributed by atoms with E-state index in [1.165, 1.54) is 0 Å². The molecule has 150 valence electrons. The van der Waals surface area contributed by atoms with Crippen molar-refractivity contribution in [3.05, 3.63) is 54.7 Å². The molecule has 0 fully saturated rings. The number of aliphatic imine (C=N–C) groups is 1. The maximum atomic E-state index is 12.4. The van der Waals surface area contributed by atoms with E-state index in [4.69, 9.17) is 16.6 Å². The van der Waals surface area contributed by atoms with Gasteiger partial charge in [-0.3, -0.25) is 9.79 Å². The molecule has 0 saturated carbocycles. The van der Waals surface area contributed by atoms with Gasteiger partial charge in [0.2, 0.25) is 5.91 Å². The van der Waals surface area contributed by atoms with Crippen LogP contribution in [0.4, 0.5) is 0 Å². The summed E-state index contributed by atoms with van der Waals surface area (Å²) in [4.78, 5) is 19.6. The summed E-state index contributed by atoms with van der Waals surface area (Å²) < 4.78 is 0. The highest BCUT2D eigenvalue weighted by Gasteiger charge is 2.19. The van der Waals surface area contributed by atoms with E-state index in [0.29, 0.717) is 25.1 Å². The van der Waals surface area contributed by atoms with Crippen molar-refractivity contribution >= 4 is 17.6 Å². The van der Waals surface area contributed by atoms with Crippen LogP contribution in [0.5, 0.6) is 0 Å². The molecule has 1 aromatic carbocycles. The quantitative estimate of drug-likeness (QED) is 0.193. The van der Waals surface area contributed by atoms with Gasteiger partial charge in [-0.25, -0.2) is 0 Å². The Bertz CT molecular complexity index is 796. The molecule has 0 bridgehead atoms. The standard InChI is InChI=1S/C20H28N6O2/c1-14(16-9-10-17(26-16)15-6-3-2-4-7-15)25-18(19(28)23-12-13-27)8-5-11-24-20(21)22/h2-4,6-7,9-10,18,25-27H,1,5,8,11-13H2,(H,23,28)(H4,21,22,24)/t18-/m0/s1. The number of H-pyrrole nitrogens is 1.